The van der Waals surface area contributed by atoms with E-state index >= 15 is 0 Å². The number of rotatable bonds is 7. The van der Waals surface area contributed by atoms with Crippen molar-refractivity contribution < 1.29 is 37.7 Å². The maximum Gasteiger partial charge on any atom is 0.351 e. The van der Waals surface area contributed by atoms with Crippen LogP contribution in [0.15, 0.2) is 17.1 Å². The van der Waals surface area contributed by atoms with Crippen molar-refractivity contribution in [2.45, 2.75) is 37.7 Å². The molecule has 1 saturated heterocycles. The van der Waals surface area contributed by atoms with Gasteiger partial charge in [-0.2, -0.15) is 4.98 Å². The monoisotopic (exact) mass is 391 g/mol. The highest BCUT2D eigenvalue weighted by Crippen LogP contribution is 2.31. The summed E-state index contributed by atoms with van der Waals surface area (Å²) < 4.78 is 43.8. The van der Waals surface area contributed by atoms with Gasteiger partial charge in [0.15, 0.2) is 24.4 Å². The van der Waals surface area contributed by atoms with Gasteiger partial charge in [-0.3, -0.25) is 9.36 Å². The number of aromatic nitrogens is 2. The number of carbonyl (C=O) groups is 2. The number of halogens is 2. The highest BCUT2D eigenvalue weighted by molar-refractivity contribution is 5.77. The first-order valence-corrected chi connectivity index (χ1v) is 7.90. The SMILES string of the molecule is CC(=O)COCC(=O)OC[C@H]1O[C@@H](n2ccc(N)nc2=O)C(F)[C@@H](F)[C@H]1O. The van der Waals surface area contributed by atoms with Gasteiger partial charge in [0.2, 0.25) is 0 Å². The summed E-state index contributed by atoms with van der Waals surface area (Å²) in [4.78, 5) is 37.5. The highest BCUT2D eigenvalue weighted by atomic mass is 19.2. The molecule has 0 amide bonds. The Bertz CT molecular complexity index is 744. The first-order chi connectivity index (χ1) is 12.7. The molecule has 1 aromatic rings. The third-order valence-corrected chi connectivity index (χ3v) is 3.66. The Morgan fingerprint density at radius 2 is 2.07 bits per heavy atom. The van der Waals surface area contributed by atoms with Gasteiger partial charge >= 0.3 is 11.7 Å². The number of ether oxygens (including phenoxy) is 3. The minimum absolute atomic E-state index is 0.115. The lowest BCUT2D eigenvalue weighted by Crippen LogP contribution is -2.55. The number of nitrogen functional groups attached to an aromatic ring is 1. The molecule has 0 bridgehead atoms. The zero-order chi connectivity index (χ0) is 20.1. The van der Waals surface area contributed by atoms with Crippen LogP contribution in [0.25, 0.3) is 0 Å². The lowest BCUT2D eigenvalue weighted by molar-refractivity contribution is -0.224. The molecule has 150 valence electrons. The predicted molar refractivity (Wildman–Crippen MR) is 85.1 cm³/mol. The summed E-state index contributed by atoms with van der Waals surface area (Å²) in [6.07, 6.45) is -8.80. The fraction of sp³-hybridized carbons (Fsp3) is 0.600. The summed E-state index contributed by atoms with van der Waals surface area (Å²) in [5.41, 5.74) is 4.37. The van der Waals surface area contributed by atoms with Crippen LogP contribution in [0, 0.1) is 0 Å². The first-order valence-electron chi connectivity index (χ1n) is 7.90. The number of nitrogens with two attached hydrogens (primary N) is 1. The summed E-state index contributed by atoms with van der Waals surface area (Å²) in [6.45, 7) is -0.189. The van der Waals surface area contributed by atoms with E-state index in [1.54, 1.807) is 0 Å². The molecule has 0 spiro atoms. The lowest BCUT2D eigenvalue weighted by Gasteiger charge is -2.38. The van der Waals surface area contributed by atoms with Crippen LogP contribution in [0.2, 0.25) is 0 Å². The number of Topliss-reactive ketones (excluding diaryl/α,β-unsaturated/α-hetero) is 1. The number of anilines is 1. The number of carbonyl (C=O) groups excluding carboxylic acids is 2. The summed E-state index contributed by atoms with van der Waals surface area (Å²) in [7, 11) is 0. The normalized spacial score (nSPS) is 27.9. The van der Waals surface area contributed by atoms with Crippen molar-refractivity contribution in [2.24, 2.45) is 0 Å². The van der Waals surface area contributed by atoms with E-state index in [0.717, 1.165) is 6.20 Å². The third-order valence-electron chi connectivity index (χ3n) is 3.66. The van der Waals surface area contributed by atoms with E-state index in [-0.39, 0.29) is 18.2 Å². The van der Waals surface area contributed by atoms with E-state index in [1.165, 1.54) is 13.0 Å². The van der Waals surface area contributed by atoms with E-state index in [0.29, 0.717) is 4.57 Å². The van der Waals surface area contributed by atoms with Crippen LogP contribution < -0.4 is 11.4 Å². The first kappa shape index (κ1) is 20.9. The molecule has 12 heteroatoms. The molecule has 0 aliphatic carbocycles. The molecule has 1 aromatic heterocycles. The number of alkyl halides is 2. The number of hydrogen-bond acceptors (Lipinski definition) is 9. The molecule has 1 aliphatic rings. The fourth-order valence-electron chi connectivity index (χ4n) is 2.36. The highest BCUT2D eigenvalue weighted by Gasteiger charge is 2.47. The second-order valence-electron chi connectivity index (χ2n) is 5.86. The molecule has 0 radical (unpaired) electrons. The molecule has 1 aliphatic heterocycles. The Labute approximate surface area is 151 Å². The van der Waals surface area contributed by atoms with Crippen molar-refractivity contribution in [1.82, 2.24) is 9.55 Å². The Hall–Kier alpha value is -2.44. The average Bonchev–Trinajstić information content (AvgIpc) is 2.59. The second-order valence-corrected chi connectivity index (χ2v) is 5.86. The molecule has 5 atom stereocenters. The van der Waals surface area contributed by atoms with E-state index < -0.39 is 55.7 Å². The molecular formula is C15H19F2N3O7. The van der Waals surface area contributed by atoms with Gasteiger partial charge in [-0.25, -0.2) is 18.4 Å². The molecule has 1 fully saturated rings. The summed E-state index contributed by atoms with van der Waals surface area (Å²) >= 11 is 0. The van der Waals surface area contributed by atoms with E-state index in [1.807, 2.05) is 0 Å². The zero-order valence-electron chi connectivity index (χ0n) is 14.3. The molecular weight excluding hydrogens is 372 g/mol. The van der Waals surface area contributed by atoms with Crippen LogP contribution in [0.4, 0.5) is 14.6 Å². The van der Waals surface area contributed by atoms with Crippen molar-refractivity contribution in [1.29, 1.82) is 0 Å². The number of aliphatic hydroxyl groups excluding tert-OH is 1. The van der Waals surface area contributed by atoms with Crippen molar-refractivity contribution in [2.75, 3.05) is 25.6 Å². The van der Waals surface area contributed by atoms with Gasteiger partial charge in [0.05, 0.1) is 0 Å². The van der Waals surface area contributed by atoms with Crippen molar-refractivity contribution in [3.63, 3.8) is 0 Å². The van der Waals surface area contributed by atoms with Crippen LogP contribution in [-0.2, 0) is 23.8 Å². The van der Waals surface area contributed by atoms with E-state index in [4.69, 9.17) is 19.9 Å². The number of nitrogens with zero attached hydrogens (tertiary/aromatic N) is 2. The van der Waals surface area contributed by atoms with E-state index in [2.05, 4.69) is 4.98 Å². The van der Waals surface area contributed by atoms with Gasteiger partial charge in [0, 0.05) is 6.20 Å². The molecule has 10 nitrogen and oxygen atoms in total. The predicted octanol–water partition coefficient (Wildman–Crippen LogP) is -1.09. The van der Waals surface area contributed by atoms with Gasteiger partial charge < -0.3 is 25.1 Å². The van der Waals surface area contributed by atoms with Crippen LogP contribution in [-0.4, -0.2) is 70.8 Å². The maximum atomic E-state index is 14.2. The van der Waals surface area contributed by atoms with Crippen molar-refractivity contribution in [3.8, 4) is 0 Å². The van der Waals surface area contributed by atoms with Crippen LogP contribution >= 0.6 is 0 Å². The number of hydrogen-bond donors (Lipinski definition) is 2. The molecule has 2 rings (SSSR count). The minimum Gasteiger partial charge on any atom is -0.461 e. The van der Waals surface area contributed by atoms with Crippen molar-refractivity contribution >= 4 is 17.6 Å². The standard InChI is InChI=1S/C15H19F2N3O7/c1-7(21)4-25-6-10(22)26-5-8-13(23)11(16)12(17)14(27-8)20-3-2-9(18)19-15(20)24/h2-3,8,11-14,23H,4-6H2,1H3,(H2,18,19,24)/t8-,11-,12?,13+,14-/m1/s1. The smallest absolute Gasteiger partial charge is 0.351 e. The van der Waals surface area contributed by atoms with Crippen LogP contribution in [0.1, 0.15) is 13.2 Å². The Balaban J connectivity index is 2.03. The minimum atomic E-state index is -2.40. The number of esters is 1. The molecule has 27 heavy (non-hydrogen) atoms. The topological polar surface area (TPSA) is 143 Å². The molecule has 3 N–H and O–H groups in total. The quantitative estimate of drug-likeness (QED) is 0.554. The largest absolute Gasteiger partial charge is 0.461 e. The maximum absolute atomic E-state index is 14.2. The number of aliphatic hydroxyl groups is 1. The summed E-state index contributed by atoms with van der Waals surface area (Å²) in [5, 5.41) is 9.82. The Kier molecular flexibility index (Phi) is 6.93. The Morgan fingerprint density at radius 3 is 2.70 bits per heavy atom. The van der Waals surface area contributed by atoms with Gasteiger partial charge in [0.25, 0.3) is 0 Å². The molecule has 2 heterocycles. The molecule has 1 unspecified atom stereocenters. The zero-order valence-corrected chi connectivity index (χ0v) is 14.3. The average molecular weight is 391 g/mol. The van der Waals surface area contributed by atoms with Gasteiger partial charge in [-0.05, 0) is 13.0 Å². The molecule has 0 saturated carbocycles. The van der Waals surface area contributed by atoms with Crippen LogP contribution in [0.3, 0.4) is 0 Å². The molecule has 0 aromatic carbocycles. The fourth-order valence-corrected chi connectivity index (χ4v) is 2.36. The summed E-state index contributed by atoms with van der Waals surface area (Å²) in [6, 6.07) is 1.19. The second kappa shape index (κ2) is 8.97. The van der Waals surface area contributed by atoms with Crippen molar-refractivity contribution in [3.05, 3.63) is 22.7 Å². The lowest BCUT2D eigenvalue weighted by atomic mass is 10.0. The Morgan fingerprint density at radius 1 is 1.37 bits per heavy atom. The van der Waals surface area contributed by atoms with Crippen LogP contribution in [0.5, 0.6) is 0 Å². The van der Waals surface area contributed by atoms with Gasteiger partial charge in [-0.15, -0.1) is 0 Å². The van der Waals surface area contributed by atoms with Gasteiger partial charge in [0.1, 0.15) is 37.8 Å². The number of ketones is 1. The third kappa shape index (κ3) is 5.28. The van der Waals surface area contributed by atoms with Gasteiger partial charge in [-0.1, -0.05) is 0 Å². The van der Waals surface area contributed by atoms with E-state index in [9.17, 15) is 28.3 Å². The summed E-state index contributed by atoms with van der Waals surface area (Å²) in [5.74, 6) is -1.31.